The van der Waals surface area contributed by atoms with Crippen LogP contribution in [0.2, 0.25) is 10.0 Å². The van der Waals surface area contributed by atoms with E-state index in [1.165, 1.54) is 18.2 Å². The van der Waals surface area contributed by atoms with Gasteiger partial charge in [-0.25, -0.2) is 0 Å². The third kappa shape index (κ3) is 6.68. The summed E-state index contributed by atoms with van der Waals surface area (Å²) in [5.74, 6) is -0.333. The minimum Gasteiger partial charge on any atom is -0.489 e. The lowest BCUT2D eigenvalue weighted by Gasteiger charge is -2.12. The van der Waals surface area contributed by atoms with Gasteiger partial charge in [0.05, 0.1) is 10.6 Å². The number of hydrazine groups is 1. The summed E-state index contributed by atoms with van der Waals surface area (Å²) in [5, 5.41) is 2.93. The fourth-order valence-electron chi connectivity index (χ4n) is 2.50. The third-order valence-corrected chi connectivity index (χ3v) is 4.81. The van der Waals surface area contributed by atoms with Crippen molar-refractivity contribution >= 4 is 52.3 Å². The maximum absolute atomic E-state index is 12.3. The fourth-order valence-corrected chi connectivity index (χ4v) is 3.14. The van der Waals surface area contributed by atoms with Gasteiger partial charge in [0.15, 0.2) is 5.11 Å². The zero-order chi connectivity index (χ0) is 22.2. The number of hydrogen-bond acceptors (Lipinski definition) is 4. The van der Waals surface area contributed by atoms with Gasteiger partial charge in [-0.05, 0) is 60.2 Å². The van der Waals surface area contributed by atoms with Gasteiger partial charge in [0.2, 0.25) is 0 Å². The molecule has 0 radical (unpaired) electrons. The number of halogens is 2. The summed E-state index contributed by atoms with van der Waals surface area (Å²) in [6.45, 7) is 0.430. The van der Waals surface area contributed by atoms with E-state index >= 15 is 0 Å². The first-order valence-corrected chi connectivity index (χ1v) is 10.2. The Kier molecular flexibility index (Phi) is 7.83. The van der Waals surface area contributed by atoms with Crippen molar-refractivity contribution in [3.8, 4) is 5.75 Å². The second-order valence-corrected chi connectivity index (χ2v) is 7.54. The van der Waals surface area contributed by atoms with E-state index in [1.54, 1.807) is 24.3 Å². The highest BCUT2D eigenvalue weighted by Crippen LogP contribution is 2.20. The van der Waals surface area contributed by atoms with Crippen molar-refractivity contribution in [2.45, 2.75) is 6.61 Å². The van der Waals surface area contributed by atoms with Crippen molar-refractivity contribution in [1.29, 1.82) is 0 Å². The molecule has 9 heteroatoms. The molecule has 0 aliphatic heterocycles. The molecule has 0 atom stereocenters. The molecule has 0 saturated heterocycles. The molecule has 0 aromatic heterocycles. The van der Waals surface area contributed by atoms with Crippen LogP contribution in [0.15, 0.2) is 72.8 Å². The number of nitrogens with one attached hydrogen (secondary N) is 3. The van der Waals surface area contributed by atoms with E-state index in [1.807, 2.05) is 30.3 Å². The molecule has 3 rings (SSSR count). The Morgan fingerprint density at radius 2 is 1.58 bits per heavy atom. The Bertz CT molecular complexity index is 1090. The first kappa shape index (κ1) is 22.6. The SMILES string of the molecule is O=C(NNC(=S)NC(=O)c1ccc(Cl)cc1Cl)c1ccc(OCc2ccccc2)cc1. The van der Waals surface area contributed by atoms with Crippen molar-refractivity contribution in [1.82, 2.24) is 16.2 Å². The summed E-state index contributed by atoms with van der Waals surface area (Å²) in [4.78, 5) is 24.5. The molecule has 31 heavy (non-hydrogen) atoms. The Morgan fingerprint density at radius 1 is 0.871 bits per heavy atom. The van der Waals surface area contributed by atoms with E-state index in [9.17, 15) is 9.59 Å². The van der Waals surface area contributed by atoms with Gasteiger partial charge in [-0.15, -0.1) is 0 Å². The average molecular weight is 474 g/mol. The van der Waals surface area contributed by atoms with Gasteiger partial charge in [0, 0.05) is 10.6 Å². The van der Waals surface area contributed by atoms with Crippen LogP contribution in [0, 0.1) is 0 Å². The number of carbonyl (C=O) groups excluding carboxylic acids is 2. The molecule has 6 nitrogen and oxygen atoms in total. The molecule has 0 saturated carbocycles. The summed E-state index contributed by atoms with van der Waals surface area (Å²) in [6, 6.07) is 20.8. The number of amides is 2. The van der Waals surface area contributed by atoms with E-state index in [2.05, 4.69) is 16.2 Å². The van der Waals surface area contributed by atoms with Gasteiger partial charge < -0.3 is 4.74 Å². The van der Waals surface area contributed by atoms with Crippen LogP contribution in [0.25, 0.3) is 0 Å². The van der Waals surface area contributed by atoms with Gasteiger partial charge >= 0.3 is 0 Å². The van der Waals surface area contributed by atoms with E-state index in [-0.39, 0.29) is 15.7 Å². The lowest BCUT2D eigenvalue weighted by molar-refractivity contribution is 0.0934. The molecule has 0 fully saturated rings. The van der Waals surface area contributed by atoms with Crippen molar-refractivity contribution in [3.05, 3.63) is 99.5 Å². The van der Waals surface area contributed by atoms with Crippen LogP contribution < -0.4 is 20.9 Å². The highest BCUT2D eigenvalue weighted by atomic mass is 35.5. The second kappa shape index (κ2) is 10.8. The number of hydrogen-bond donors (Lipinski definition) is 3. The molecule has 0 heterocycles. The summed E-state index contributed by atoms with van der Waals surface area (Å²) in [6.07, 6.45) is 0. The summed E-state index contributed by atoms with van der Waals surface area (Å²) < 4.78 is 5.69. The number of rotatable bonds is 5. The topological polar surface area (TPSA) is 79.5 Å². The molecule has 0 bridgehead atoms. The Hall–Kier alpha value is -3.13. The van der Waals surface area contributed by atoms with E-state index in [0.717, 1.165) is 5.56 Å². The van der Waals surface area contributed by atoms with Crippen molar-refractivity contribution in [3.63, 3.8) is 0 Å². The molecule has 0 aliphatic carbocycles. The van der Waals surface area contributed by atoms with Gasteiger partial charge in [-0.2, -0.15) is 0 Å². The number of thiocarbonyl (C=S) groups is 1. The predicted octanol–water partition coefficient (Wildman–Crippen LogP) is 4.52. The van der Waals surface area contributed by atoms with Gasteiger partial charge in [0.1, 0.15) is 12.4 Å². The molecule has 0 spiro atoms. The quantitative estimate of drug-likeness (QED) is 0.374. The molecule has 3 N–H and O–H groups in total. The zero-order valence-corrected chi connectivity index (χ0v) is 18.4. The number of benzene rings is 3. The average Bonchev–Trinajstić information content (AvgIpc) is 2.77. The Balaban J connectivity index is 1.47. The molecular weight excluding hydrogens is 457 g/mol. The lowest BCUT2D eigenvalue weighted by Crippen LogP contribution is -2.48. The maximum Gasteiger partial charge on any atom is 0.269 e. The van der Waals surface area contributed by atoms with E-state index in [4.69, 9.17) is 40.2 Å². The normalized spacial score (nSPS) is 10.1. The highest BCUT2D eigenvalue weighted by molar-refractivity contribution is 7.80. The van der Waals surface area contributed by atoms with Gasteiger partial charge in [-0.3, -0.25) is 25.8 Å². The third-order valence-electron chi connectivity index (χ3n) is 4.06. The van der Waals surface area contributed by atoms with Crippen molar-refractivity contribution in [2.24, 2.45) is 0 Å². The number of carbonyl (C=O) groups is 2. The Labute approximate surface area is 194 Å². The number of ether oxygens (including phenoxy) is 1. The molecule has 3 aromatic rings. The van der Waals surface area contributed by atoms with Crippen LogP contribution in [0.5, 0.6) is 5.75 Å². The smallest absolute Gasteiger partial charge is 0.269 e. The van der Waals surface area contributed by atoms with Gasteiger partial charge in [0.25, 0.3) is 11.8 Å². The summed E-state index contributed by atoms with van der Waals surface area (Å²) >= 11 is 16.8. The monoisotopic (exact) mass is 473 g/mol. The second-order valence-electron chi connectivity index (χ2n) is 6.29. The molecule has 0 unspecified atom stereocenters. The van der Waals surface area contributed by atoms with Crippen molar-refractivity contribution < 1.29 is 14.3 Å². The zero-order valence-electron chi connectivity index (χ0n) is 16.0. The van der Waals surface area contributed by atoms with E-state index in [0.29, 0.717) is 22.9 Å². The predicted molar refractivity (Wildman–Crippen MR) is 124 cm³/mol. The molecule has 3 aromatic carbocycles. The molecular formula is C22H17Cl2N3O3S. The van der Waals surface area contributed by atoms with Gasteiger partial charge in [-0.1, -0.05) is 53.5 Å². The molecule has 0 aliphatic rings. The van der Waals surface area contributed by atoms with Crippen LogP contribution in [-0.4, -0.2) is 16.9 Å². The highest BCUT2D eigenvalue weighted by Gasteiger charge is 2.13. The fraction of sp³-hybridized carbons (Fsp3) is 0.0455. The summed E-state index contributed by atoms with van der Waals surface area (Å²) in [5.41, 5.74) is 6.52. The van der Waals surface area contributed by atoms with Crippen LogP contribution in [-0.2, 0) is 6.61 Å². The van der Waals surface area contributed by atoms with Crippen LogP contribution in [0.1, 0.15) is 26.3 Å². The largest absolute Gasteiger partial charge is 0.489 e. The van der Waals surface area contributed by atoms with Crippen molar-refractivity contribution in [2.75, 3.05) is 0 Å². The minimum atomic E-state index is -0.534. The first-order valence-electron chi connectivity index (χ1n) is 9.06. The maximum atomic E-state index is 12.3. The lowest BCUT2D eigenvalue weighted by atomic mass is 10.2. The van der Waals surface area contributed by atoms with Crippen LogP contribution in [0.3, 0.4) is 0 Å². The minimum absolute atomic E-state index is 0.0906. The van der Waals surface area contributed by atoms with Crippen LogP contribution in [0.4, 0.5) is 0 Å². The molecule has 2 amide bonds. The molecule has 158 valence electrons. The Morgan fingerprint density at radius 3 is 2.26 bits per heavy atom. The van der Waals surface area contributed by atoms with Crippen LogP contribution >= 0.6 is 35.4 Å². The summed E-state index contributed by atoms with van der Waals surface area (Å²) in [7, 11) is 0. The standard InChI is InChI=1S/C22H17Cl2N3O3S/c23-16-8-11-18(19(24)12-16)21(29)25-22(31)27-26-20(28)15-6-9-17(10-7-15)30-13-14-4-2-1-3-5-14/h1-12H,13H2,(H,26,28)(H2,25,27,29,31). The first-order chi connectivity index (χ1) is 14.9. The van der Waals surface area contributed by atoms with E-state index < -0.39 is 11.8 Å².